The molecular weight excluding hydrogens is 271 g/mol. The lowest BCUT2D eigenvalue weighted by molar-refractivity contribution is -0.147. The highest BCUT2D eigenvalue weighted by molar-refractivity contribution is 5.31. The van der Waals surface area contributed by atoms with Crippen LogP contribution in [-0.2, 0) is 4.74 Å². The van der Waals surface area contributed by atoms with E-state index >= 15 is 0 Å². The van der Waals surface area contributed by atoms with Gasteiger partial charge in [-0.1, -0.05) is 6.92 Å². The topological polar surface area (TPSA) is 38.7 Å². The molecule has 2 rings (SSSR count). The summed E-state index contributed by atoms with van der Waals surface area (Å²) >= 11 is 0. The quantitative estimate of drug-likeness (QED) is 0.897. The van der Waals surface area contributed by atoms with E-state index in [0.717, 1.165) is 25.7 Å². The highest BCUT2D eigenvalue weighted by Crippen LogP contribution is 2.44. The molecule has 1 fully saturated rings. The van der Waals surface area contributed by atoms with Crippen LogP contribution >= 0.6 is 0 Å². The Morgan fingerprint density at radius 3 is 2.57 bits per heavy atom. The minimum atomic E-state index is -0.948. The van der Waals surface area contributed by atoms with Crippen LogP contribution in [0.2, 0.25) is 0 Å². The SMILES string of the molecule is CCOC1(C(O)c2ccc(OC)cc2F)CCC(C)CC1. The van der Waals surface area contributed by atoms with Crippen LogP contribution < -0.4 is 4.74 Å². The summed E-state index contributed by atoms with van der Waals surface area (Å²) in [5, 5.41) is 10.8. The summed E-state index contributed by atoms with van der Waals surface area (Å²) in [6.45, 7) is 4.64. The molecule has 0 aromatic heterocycles. The number of hydrogen-bond donors (Lipinski definition) is 1. The smallest absolute Gasteiger partial charge is 0.132 e. The largest absolute Gasteiger partial charge is 0.497 e. The van der Waals surface area contributed by atoms with Crippen LogP contribution in [0, 0.1) is 11.7 Å². The Morgan fingerprint density at radius 1 is 1.38 bits per heavy atom. The van der Waals surface area contributed by atoms with E-state index in [-0.39, 0.29) is 0 Å². The molecule has 0 bridgehead atoms. The molecule has 4 heteroatoms. The molecule has 1 aromatic rings. The maximum atomic E-state index is 14.2. The first-order valence-electron chi connectivity index (χ1n) is 7.68. The summed E-state index contributed by atoms with van der Waals surface area (Å²) in [7, 11) is 1.50. The van der Waals surface area contributed by atoms with Crippen molar-refractivity contribution < 1.29 is 19.0 Å². The Hall–Kier alpha value is -1.13. The Morgan fingerprint density at radius 2 is 2.05 bits per heavy atom. The summed E-state index contributed by atoms with van der Waals surface area (Å²) in [5.41, 5.74) is -0.379. The fourth-order valence-corrected chi connectivity index (χ4v) is 3.17. The average Bonchev–Trinajstić information content (AvgIpc) is 2.49. The summed E-state index contributed by atoms with van der Waals surface area (Å²) < 4.78 is 25.1. The number of halogens is 1. The highest BCUT2D eigenvalue weighted by atomic mass is 19.1. The van der Waals surface area contributed by atoms with E-state index < -0.39 is 17.5 Å². The van der Waals surface area contributed by atoms with Gasteiger partial charge in [0, 0.05) is 18.2 Å². The second kappa shape index (κ2) is 6.75. The van der Waals surface area contributed by atoms with Crippen molar-refractivity contribution in [2.45, 2.75) is 51.2 Å². The number of rotatable bonds is 5. The summed E-state index contributed by atoms with van der Waals surface area (Å²) in [5.74, 6) is 0.636. The first-order chi connectivity index (χ1) is 10.0. The van der Waals surface area contributed by atoms with E-state index in [0.29, 0.717) is 23.8 Å². The predicted octanol–water partition coefficient (Wildman–Crippen LogP) is 3.85. The van der Waals surface area contributed by atoms with Gasteiger partial charge in [0.05, 0.1) is 12.7 Å². The van der Waals surface area contributed by atoms with Gasteiger partial charge in [-0.3, -0.25) is 0 Å². The van der Waals surface area contributed by atoms with E-state index in [4.69, 9.17) is 9.47 Å². The second-order valence-corrected chi connectivity index (χ2v) is 5.97. The molecule has 0 aliphatic heterocycles. The number of aliphatic hydroxyl groups excluding tert-OH is 1. The predicted molar refractivity (Wildman–Crippen MR) is 79.9 cm³/mol. The van der Waals surface area contributed by atoms with Gasteiger partial charge in [0.1, 0.15) is 17.7 Å². The van der Waals surface area contributed by atoms with Crippen LogP contribution in [0.3, 0.4) is 0 Å². The van der Waals surface area contributed by atoms with E-state index in [1.807, 2.05) is 6.92 Å². The third-order valence-corrected chi connectivity index (χ3v) is 4.55. The average molecular weight is 296 g/mol. The number of hydrogen-bond acceptors (Lipinski definition) is 3. The lowest BCUT2D eigenvalue weighted by Gasteiger charge is -2.42. The lowest BCUT2D eigenvalue weighted by Crippen LogP contribution is -2.43. The molecular formula is C17H25FO3. The first-order valence-corrected chi connectivity index (χ1v) is 7.68. The molecule has 1 aliphatic carbocycles. The van der Waals surface area contributed by atoms with Crippen LogP contribution in [0.1, 0.15) is 51.2 Å². The number of benzene rings is 1. The molecule has 1 aliphatic rings. The maximum absolute atomic E-state index is 14.2. The molecule has 118 valence electrons. The Kier molecular flexibility index (Phi) is 5.22. The maximum Gasteiger partial charge on any atom is 0.132 e. The van der Waals surface area contributed by atoms with Crippen LogP contribution in [-0.4, -0.2) is 24.4 Å². The van der Waals surface area contributed by atoms with Crippen molar-refractivity contribution in [1.82, 2.24) is 0 Å². The fraction of sp³-hybridized carbons (Fsp3) is 0.647. The minimum Gasteiger partial charge on any atom is -0.497 e. The van der Waals surface area contributed by atoms with Gasteiger partial charge in [0.15, 0.2) is 0 Å². The second-order valence-electron chi connectivity index (χ2n) is 5.97. The standard InChI is InChI=1S/C17H25FO3/c1-4-21-17(9-7-12(2)8-10-17)16(19)14-6-5-13(20-3)11-15(14)18/h5-6,11-12,16,19H,4,7-10H2,1-3H3. The van der Waals surface area contributed by atoms with Gasteiger partial charge in [0.2, 0.25) is 0 Å². The molecule has 0 amide bonds. The Labute approximate surface area is 126 Å². The number of aliphatic hydroxyl groups is 1. The van der Waals surface area contributed by atoms with Crippen molar-refractivity contribution >= 4 is 0 Å². The van der Waals surface area contributed by atoms with Crippen molar-refractivity contribution in [2.24, 2.45) is 5.92 Å². The molecule has 1 unspecified atom stereocenters. The Bertz CT molecular complexity index is 467. The van der Waals surface area contributed by atoms with Gasteiger partial charge in [-0.2, -0.15) is 0 Å². The number of methoxy groups -OCH3 is 1. The summed E-state index contributed by atoms with van der Waals surface area (Å²) in [6.07, 6.45) is 2.56. The zero-order valence-electron chi connectivity index (χ0n) is 13.1. The first kappa shape index (κ1) is 16.2. The van der Waals surface area contributed by atoms with Gasteiger partial charge in [-0.15, -0.1) is 0 Å². The van der Waals surface area contributed by atoms with Gasteiger partial charge in [0.25, 0.3) is 0 Å². The Balaban J connectivity index is 2.28. The van der Waals surface area contributed by atoms with Crippen LogP contribution in [0.15, 0.2) is 18.2 Å². The monoisotopic (exact) mass is 296 g/mol. The van der Waals surface area contributed by atoms with Gasteiger partial charge in [-0.25, -0.2) is 4.39 Å². The van der Waals surface area contributed by atoms with E-state index in [1.165, 1.54) is 13.2 Å². The molecule has 0 heterocycles. The lowest BCUT2D eigenvalue weighted by atomic mass is 9.74. The van der Waals surface area contributed by atoms with Crippen LogP contribution in [0.4, 0.5) is 4.39 Å². The molecule has 0 spiro atoms. The highest BCUT2D eigenvalue weighted by Gasteiger charge is 2.43. The minimum absolute atomic E-state index is 0.291. The molecule has 21 heavy (non-hydrogen) atoms. The number of ether oxygens (including phenoxy) is 2. The molecule has 0 radical (unpaired) electrons. The molecule has 1 atom stereocenters. The normalized spacial score (nSPS) is 27.4. The van der Waals surface area contributed by atoms with Crippen LogP contribution in [0.25, 0.3) is 0 Å². The molecule has 1 N–H and O–H groups in total. The van der Waals surface area contributed by atoms with Crippen molar-refractivity contribution in [3.05, 3.63) is 29.6 Å². The zero-order valence-corrected chi connectivity index (χ0v) is 13.1. The van der Waals surface area contributed by atoms with Crippen LogP contribution in [0.5, 0.6) is 5.75 Å². The molecule has 1 aromatic carbocycles. The van der Waals surface area contributed by atoms with Crippen molar-refractivity contribution in [2.75, 3.05) is 13.7 Å². The van der Waals surface area contributed by atoms with E-state index in [2.05, 4.69) is 6.92 Å². The summed E-state index contributed by atoms with van der Waals surface area (Å²) in [6, 6.07) is 4.58. The van der Waals surface area contributed by atoms with Gasteiger partial charge >= 0.3 is 0 Å². The molecule has 3 nitrogen and oxygen atoms in total. The molecule has 0 saturated heterocycles. The summed E-state index contributed by atoms with van der Waals surface area (Å²) in [4.78, 5) is 0. The fourth-order valence-electron chi connectivity index (χ4n) is 3.17. The van der Waals surface area contributed by atoms with Gasteiger partial charge in [-0.05, 0) is 50.7 Å². The van der Waals surface area contributed by atoms with E-state index in [1.54, 1.807) is 12.1 Å². The van der Waals surface area contributed by atoms with Crippen molar-refractivity contribution in [1.29, 1.82) is 0 Å². The van der Waals surface area contributed by atoms with Crippen molar-refractivity contribution in [3.63, 3.8) is 0 Å². The zero-order chi connectivity index (χ0) is 15.5. The van der Waals surface area contributed by atoms with Gasteiger partial charge < -0.3 is 14.6 Å². The molecule has 1 saturated carbocycles. The van der Waals surface area contributed by atoms with Crippen molar-refractivity contribution in [3.8, 4) is 5.75 Å². The third kappa shape index (κ3) is 3.38. The third-order valence-electron chi connectivity index (χ3n) is 4.55. The van der Waals surface area contributed by atoms with E-state index in [9.17, 15) is 9.50 Å².